The Balaban J connectivity index is 2.13. The van der Waals surface area contributed by atoms with Gasteiger partial charge in [-0.25, -0.2) is 0 Å². The summed E-state index contributed by atoms with van der Waals surface area (Å²) >= 11 is 5.38. The zero-order valence-electron chi connectivity index (χ0n) is 9.19. The van der Waals surface area contributed by atoms with Crippen LogP contribution in [0.1, 0.15) is 12.8 Å². The van der Waals surface area contributed by atoms with Crippen LogP contribution in [-0.2, 0) is 0 Å². The van der Waals surface area contributed by atoms with Crippen molar-refractivity contribution in [2.75, 3.05) is 16.8 Å². The van der Waals surface area contributed by atoms with E-state index < -0.39 is 0 Å². The standard InChI is InChI=1S/C11H13BrN2O2S/c12-10-2-1-9(14(15)16)7-11(10)13-8-3-5-17-6-4-8/h1-2,7-8,13H,3-6H2. The van der Waals surface area contributed by atoms with Gasteiger partial charge in [-0.3, -0.25) is 10.1 Å². The van der Waals surface area contributed by atoms with Crippen LogP contribution in [0.25, 0.3) is 0 Å². The number of hydrogen-bond acceptors (Lipinski definition) is 4. The van der Waals surface area contributed by atoms with E-state index in [1.807, 2.05) is 11.8 Å². The van der Waals surface area contributed by atoms with Gasteiger partial charge >= 0.3 is 0 Å². The van der Waals surface area contributed by atoms with Gasteiger partial charge in [-0.1, -0.05) is 0 Å². The van der Waals surface area contributed by atoms with Gasteiger partial charge in [-0.05, 0) is 46.3 Å². The summed E-state index contributed by atoms with van der Waals surface area (Å²) in [5.74, 6) is 2.31. The normalized spacial score (nSPS) is 16.8. The van der Waals surface area contributed by atoms with Gasteiger partial charge < -0.3 is 5.32 Å². The largest absolute Gasteiger partial charge is 0.381 e. The van der Waals surface area contributed by atoms with Crippen LogP contribution in [0.15, 0.2) is 22.7 Å². The van der Waals surface area contributed by atoms with Crippen LogP contribution >= 0.6 is 27.7 Å². The molecule has 6 heteroatoms. The first-order valence-electron chi connectivity index (χ1n) is 5.45. The highest BCUT2D eigenvalue weighted by Crippen LogP contribution is 2.29. The lowest BCUT2D eigenvalue weighted by molar-refractivity contribution is -0.384. The molecule has 92 valence electrons. The number of nitro groups is 1. The number of halogens is 1. The third kappa shape index (κ3) is 3.35. The lowest BCUT2D eigenvalue weighted by Crippen LogP contribution is -2.24. The van der Waals surface area contributed by atoms with E-state index in [1.54, 1.807) is 12.1 Å². The summed E-state index contributed by atoms with van der Waals surface area (Å²) in [6, 6.07) is 5.24. The summed E-state index contributed by atoms with van der Waals surface area (Å²) in [5, 5.41) is 14.1. The molecule has 0 unspecified atom stereocenters. The number of anilines is 1. The topological polar surface area (TPSA) is 55.2 Å². The predicted molar refractivity (Wildman–Crippen MR) is 74.8 cm³/mol. The molecule has 1 saturated heterocycles. The second kappa shape index (κ2) is 5.73. The van der Waals surface area contributed by atoms with Gasteiger partial charge in [0.25, 0.3) is 5.69 Å². The summed E-state index contributed by atoms with van der Waals surface area (Å²) in [5.41, 5.74) is 0.942. The Hall–Kier alpha value is -0.750. The van der Waals surface area contributed by atoms with Crippen LogP contribution < -0.4 is 5.32 Å². The van der Waals surface area contributed by atoms with E-state index in [-0.39, 0.29) is 10.6 Å². The molecule has 1 aliphatic rings. The molecule has 1 fully saturated rings. The van der Waals surface area contributed by atoms with Crippen molar-refractivity contribution in [1.29, 1.82) is 0 Å². The van der Waals surface area contributed by atoms with Crippen LogP contribution in [0.4, 0.5) is 11.4 Å². The lowest BCUT2D eigenvalue weighted by Gasteiger charge is -2.24. The second-order valence-electron chi connectivity index (χ2n) is 3.95. The van der Waals surface area contributed by atoms with E-state index in [0.717, 1.165) is 34.5 Å². The van der Waals surface area contributed by atoms with Crippen molar-refractivity contribution >= 4 is 39.1 Å². The summed E-state index contributed by atoms with van der Waals surface area (Å²) in [6.07, 6.45) is 2.22. The third-order valence-corrected chi connectivity index (χ3v) is 4.48. The van der Waals surface area contributed by atoms with Gasteiger partial charge in [-0.15, -0.1) is 0 Å². The minimum atomic E-state index is -0.367. The first-order valence-corrected chi connectivity index (χ1v) is 7.40. The van der Waals surface area contributed by atoms with Crippen LogP contribution in [0.3, 0.4) is 0 Å². The Morgan fingerprint density at radius 1 is 1.41 bits per heavy atom. The maximum absolute atomic E-state index is 10.7. The number of hydrogen-bond donors (Lipinski definition) is 1. The van der Waals surface area contributed by atoms with E-state index >= 15 is 0 Å². The Kier molecular flexibility index (Phi) is 4.28. The molecule has 17 heavy (non-hydrogen) atoms. The Morgan fingerprint density at radius 3 is 2.76 bits per heavy atom. The predicted octanol–water partition coefficient (Wildman–Crippen LogP) is 3.66. The van der Waals surface area contributed by atoms with E-state index in [4.69, 9.17) is 0 Å². The fourth-order valence-electron chi connectivity index (χ4n) is 1.80. The average molecular weight is 317 g/mol. The molecule has 1 heterocycles. The van der Waals surface area contributed by atoms with Crippen molar-refractivity contribution in [3.05, 3.63) is 32.8 Å². The lowest BCUT2D eigenvalue weighted by atomic mass is 10.1. The summed E-state index contributed by atoms with van der Waals surface area (Å²) in [6.45, 7) is 0. The number of nitrogens with one attached hydrogen (secondary N) is 1. The van der Waals surface area contributed by atoms with Crippen LogP contribution in [-0.4, -0.2) is 22.5 Å². The van der Waals surface area contributed by atoms with E-state index in [1.165, 1.54) is 6.07 Å². The molecular formula is C11H13BrN2O2S. The number of nitrogens with zero attached hydrogens (tertiary/aromatic N) is 1. The Morgan fingerprint density at radius 2 is 2.12 bits per heavy atom. The molecule has 1 aromatic carbocycles. The number of non-ortho nitro benzene ring substituents is 1. The maximum atomic E-state index is 10.7. The van der Waals surface area contributed by atoms with E-state index in [0.29, 0.717) is 6.04 Å². The van der Waals surface area contributed by atoms with Gasteiger partial charge in [0, 0.05) is 22.6 Å². The summed E-state index contributed by atoms with van der Waals surface area (Å²) in [4.78, 5) is 10.3. The second-order valence-corrected chi connectivity index (χ2v) is 6.03. The van der Waals surface area contributed by atoms with E-state index in [2.05, 4.69) is 21.2 Å². The fourth-order valence-corrected chi connectivity index (χ4v) is 3.27. The van der Waals surface area contributed by atoms with Gasteiger partial charge in [-0.2, -0.15) is 11.8 Å². The quantitative estimate of drug-likeness (QED) is 0.683. The van der Waals surface area contributed by atoms with Crippen molar-refractivity contribution in [2.45, 2.75) is 18.9 Å². The Labute approximate surface area is 112 Å². The molecule has 0 aromatic heterocycles. The molecule has 4 nitrogen and oxygen atoms in total. The van der Waals surface area contributed by atoms with Crippen molar-refractivity contribution in [2.24, 2.45) is 0 Å². The molecule has 0 bridgehead atoms. The van der Waals surface area contributed by atoms with Gasteiger partial charge in [0.1, 0.15) is 0 Å². The van der Waals surface area contributed by atoms with Gasteiger partial charge in [0.05, 0.1) is 10.6 Å². The highest BCUT2D eigenvalue weighted by atomic mass is 79.9. The molecule has 2 rings (SSSR count). The average Bonchev–Trinajstić information content (AvgIpc) is 2.33. The van der Waals surface area contributed by atoms with Crippen molar-refractivity contribution in [3.63, 3.8) is 0 Å². The minimum absolute atomic E-state index is 0.126. The SMILES string of the molecule is O=[N+]([O-])c1ccc(Br)c(NC2CCSCC2)c1. The van der Waals surface area contributed by atoms with Crippen LogP contribution in [0, 0.1) is 10.1 Å². The molecule has 0 radical (unpaired) electrons. The number of rotatable bonds is 3. The van der Waals surface area contributed by atoms with Crippen molar-refractivity contribution < 1.29 is 4.92 Å². The smallest absolute Gasteiger partial charge is 0.271 e. The monoisotopic (exact) mass is 316 g/mol. The fraction of sp³-hybridized carbons (Fsp3) is 0.455. The van der Waals surface area contributed by atoms with Crippen LogP contribution in [0.2, 0.25) is 0 Å². The molecule has 1 aliphatic heterocycles. The van der Waals surface area contributed by atoms with Crippen molar-refractivity contribution in [3.8, 4) is 0 Å². The molecular weight excluding hydrogens is 304 g/mol. The molecule has 0 spiro atoms. The zero-order chi connectivity index (χ0) is 12.3. The molecule has 0 amide bonds. The van der Waals surface area contributed by atoms with Crippen LogP contribution in [0.5, 0.6) is 0 Å². The third-order valence-electron chi connectivity index (χ3n) is 2.74. The number of nitro benzene ring substituents is 1. The molecule has 0 atom stereocenters. The number of thioether (sulfide) groups is 1. The summed E-state index contributed by atoms with van der Waals surface area (Å²) in [7, 11) is 0. The van der Waals surface area contributed by atoms with E-state index in [9.17, 15) is 10.1 Å². The van der Waals surface area contributed by atoms with Gasteiger partial charge in [0.15, 0.2) is 0 Å². The highest BCUT2D eigenvalue weighted by Gasteiger charge is 2.16. The first kappa shape index (κ1) is 12.7. The first-order chi connectivity index (χ1) is 8.16. The summed E-state index contributed by atoms with van der Waals surface area (Å²) < 4.78 is 0.876. The molecule has 1 N–H and O–H groups in total. The molecule has 0 saturated carbocycles. The highest BCUT2D eigenvalue weighted by molar-refractivity contribution is 9.10. The molecule has 0 aliphatic carbocycles. The maximum Gasteiger partial charge on any atom is 0.271 e. The number of benzene rings is 1. The molecule has 1 aromatic rings. The van der Waals surface area contributed by atoms with Gasteiger partial charge in [0.2, 0.25) is 0 Å². The minimum Gasteiger partial charge on any atom is -0.381 e. The zero-order valence-corrected chi connectivity index (χ0v) is 11.6. The Bertz CT molecular complexity index is 422. The van der Waals surface area contributed by atoms with Crippen molar-refractivity contribution in [1.82, 2.24) is 0 Å².